The molecule has 2 aromatic rings. The van der Waals surface area contributed by atoms with Crippen LogP contribution >= 0.6 is 11.6 Å². The van der Waals surface area contributed by atoms with Crippen LogP contribution in [0, 0.1) is 0 Å². The van der Waals surface area contributed by atoms with Crippen molar-refractivity contribution in [3.05, 3.63) is 47.4 Å². The summed E-state index contributed by atoms with van der Waals surface area (Å²) in [6.07, 6.45) is 2.70. The summed E-state index contributed by atoms with van der Waals surface area (Å²) < 4.78 is 0. The SMILES string of the molecule is Nc1cncc(C(=O)Nc2ccccc2Cl)n1. The molecule has 0 unspecified atom stereocenters. The Labute approximate surface area is 103 Å². The van der Waals surface area contributed by atoms with Gasteiger partial charge in [0.25, 0.3) is 5.91 Å². The summed E-state index contributed by atoms with van der Waals surface area (Å²) in [6, 6.07) is 6.92. The van der Waals surface area contributed by atoms with Crippen molar-refractivity contribution in [2.45, 2.75) is 0 Å². The van der Waals surface area contributed by atoms with E-state index < -0.39 is 5.91 Å². The largest absolute Gasteiger partial charge is 0.382 e. The van der Waals surface area contributed by atoms with E-state index in [0.29, 0.717) is 10.7 Å². The lowest BCUT2D eigenvalue weighted by molar-refractivity contribution is 0.102. The average Bonchev–Trinajstić information content (AvgIpc) is 2.32. The highest BCUT2D eigenvalue weighted by Crippen LogP contribution is 2.20. The second-order valence-electron chi connectivity index (χ2n) is 3.26. The summed E-state index contributed by atoms with van der Waals surface area (Å²) in [6.45, 7) is 0. The Morgan fingerprint density at radius 2 is 2.06 bits per heavy atom. The van der Waals surface area contributed by atoms with E-state index >= 15 is 0 Å². The molecule has 3 N–H and O–H groups in total. The first-order chi connectivity index (χ1) is 8.16. The Kier molecular flexibility index (Phi) is 3.20. The first kappa shape index (κ1) is 11.3. The van der Waals surface area contributed by atoms with Crippen molar-refractivity contribution >= 4 is 29.0 Å². The number of nitrogen functional groups attached to an aromatic ring is 1. The number of hydrogen-bond acceptors (Lipinski definition) is 4. The zero-order valence-corrected chi connectivity index (χ0v) is 9.48. The number of carbonyl (C=O) groups is 1. The molecule has 0 aliphatic heterocycles. The molecule has 2 rings (SSSR count). The predicted octanol–water partition coefficient (Wildman–Crippen LogP) is 1.96. The number of nitrogens with zero attached hydrogens (tertiary/aromatic N) is 2. The van der Waals surface area contributed by atoms with E-state index in [1.165, 1.54) is 12.4 Å². The van der Waals surface area contributed by atoms with Gasteiger partial charge in [0, 0.05) is 0 Å². The third kappa shape index (κ3) is 2.70. The van der Waals surface area contributed by atoms with E-state index in [0.717, 1.165) is 0 Å². The fourth-order valence-electron chi connectivity index (χ4n) is 1.24. The van der Waals surface area contributed by atoms with Crippen LogP contribution in [0.5, 0.6) is 0 Å². The second kappa shape index (κ2) is 4.80. The quantitative estimate of drug-likeness (QED) is 0.851. The van der Waals surface area contributed by atoms with Gasteiger partial charge in [-0.1, -0.05) is 23.7 Å². The highest BCUT2D eigenvalue weighted by atomic mass is 35.5. The van der Waals surface area contributed by atoms with Gasteiger partial charge in [-0.05, 0) is 12.1 Å². The van der Waals surface area contributed by atoms with Crippen molar-refractivity contribution in [2.75, 3.05) is 11.1 Å². The molecule has 0 fully saturated rings. The van der Waals surface area contributed by atoms with E-state index in [4.69, 9.17) is 17.3 Å². The number of carbonyl (C=O) groups excluding carboxylic acids is 1. The summed E-state index contributed by atoms with van der Waals surface area (Å²) >= 11 is 5.91. The van der Waals surface area contributed by atoms with Gasteiger partial charge in [-0.25, -0.2) is 4.98 Å². The van der Waals surface area contributed by atoms with Gasteiger partial charge in [-0.15, -0.1) is 0 Å². The molecule has 86 valence electrons. The van der Waals surface area contributed by atoms with Crippen molar-refractivity contribution in [1.29, 1.82) is 0 Å². The molecule has 0 aliphatic carbocycles. The Balaban J connectivity index is 2.20. The van der Waals surface area contributed by atoms with Crippen molar-refractivity contribution in [1.82, 2.24) is 9.97 Å². The van der Waals surface area contributed by atoms with E-state index in [1.54, 1.807) is 24.3 Å². The third-order valence-corrected chi connectivity index (χ3v) is 2.34. The molecule has 0 radical (unpaired) electrons. The number of nitrogens with one attached hydrogen (secondary N) is 1. The first-order valence-electron chi connectivity index (χ1n) is 4.80. The van der Waals surface area contributed by atoms with Gasteiger partial charge in [-0.3, -0.25) is 9.78 Å². The first-order valence-corrected chi connectivity index (χ1v) is 5.18. The minimum absolute atomic E-state index is 0.143. The van der Waals surface area contributed by atoms with E-state index in [1.807, 2.05) is 0 Å². The van der Waals surface area contributed by atoms with Crippen LogP contribution in [0.15, 0.2) is 36.7 Å². The highest BCUT2D eigenvalue weighted by Gasteiger charge is 2.09. The fraction of sp³-hybridized carbons (Fsp3) is 0. The lowest BCUT2D eigenvalue weighted by Crippen LogP contribution is -2.15. The fourth-order valence-corrected chi connectivity index (χ4v) is 1.42. The standard InChI is InChI=1S/C11H9ClN4O/c12-7-3-1-2-4-8(7)16-11(17)9-5-14-6-10(13)15-9/h1-6H,(H2,13,15)(H,16,17). The zero-order valence-electron chi connectivity index (χ0n) is 8.72. The number of amides is 1. The summed E-state index contributed by atoms with van der Waals surface area (Å²) in [4.78, 5) is 19.4. The Bertz CT molecular complexity index is 559. The van der Waals surface area contributed by atoms with Crippen molar-refractivity contribution < 1.29 is 4.79 Å². The van der Waals surface area contributed by atoms with Gasteiger partial charge in [-0.2, -0.15) is 0 Å². The van der Waals surface area contributed by atoms with Gasteiger partial charge in [0.1, 0.15) is 11.5 Å². The van der Waals surface area contributed by atoms with Crippen molar-refractivity contribution in [3.63, 3.8) is 0 Å². The molecule has 0 aliphatic rings. The Morgan fingerprint density at radius 1 is 1.29 bits per heavy atom. The normalized spacial score (nSPS) is 9.94. The number of halogens is 1. The maximum Gasteiger partial charge on any atom is 0.275 e. The molecule has 0 saturated carbocycles. The second-order valence-corrected chi connectivity index (χ2v) is 3.67. The number of rotatable bonds is 2. The van der Waals surface area contributed by atoms with E-state index in [9.17, 15) is 4.79 Å². The molecule has 0 atom stereocenters. The van der Waals surface area contributed by atoms with Gasteiger partial charge >= 0.3 is 0 Å². The molecular weight excluding hydrogens is 240 g/mol. The third-order valence-electron chi connectivity index (χ3n) is 2.01. The number of para-hydroxylation sites is 1. The molecule has 1 heterocycles. The predicted molar refractivity (Wildman–Crippen MR) is 65.8 cm³/mol. The summed E-state index contributed by atoms with van der Waals surface area (Å²) in [5.74, 6) is -0.213. The van der Waals surface area contributed by atoms with Gasteiger partial charge < -0.3 is 11.1 Å². The summed E-state index contributed by atoms with van der Waals surface area (Å²) in [7, 11) is 0. The lowest BCUT2D eigenvalue weighted by Gasteiger charge is -2.06. The number of benzene rings is 1. The molecule has 1 aromatic carbocycles. The van der Waals surface area contributed by atoms with Crippen LogP contribution in [0.1, 0.15) is 10.5 Å². The van der Waals surface area contributed by atoms with Crippen LogP contribution in [0.4, 0.5) is 11.5 Å². The van der Waals surface area contributed by atoms with Gasteiger partial charge in [0.2, 0.25) is 0 Å². The van der Waals surface area contributed by atoms with Crippen molar-refractivity contribution in [2.24, 2.45) is 0 Å². The maximum absolute atomic E-state index is 11.8. The van der Waals surface area contributed by atoms with Crippen LogP contribution in [0.2, 0.25) is 5.02 Å². The molecule has 5 nitrogen and oxygen atoms in total. The van der Waals surface area contributed by atoms with Gasteiger partial charge in [0.05, 0.1) is 23.1 Å². The van der Waals surface area contributed by atoms with Crippen LogP contribution < -0.4 is 11.1 Å². The van der Waals surface area contributed by atoms with E-state index in [2.05, 4.69) is 15.3 Å². The molecule has 0 spiro atoms. The number of aromatic nitrogens is 2. The average molecular weight is 249 g/mol. The lowest BCUT2D eigenvalue weighted by atomic mass is 10.3. The molecule has 1 amide bonds. The zero-order chi connectivity index (χ0) is 12.3. The Morgan fingerprint density at radius 3 is 2.76 bits per heavy atom. The highest BCUT2D eigenvalue weighted by molar-refractivity contribution is 6.33. The number of hydrogen-bond donors (Lipinski definition) is 2. The molecule has 0 bridgehead atoms. The molecular formula is C11H9ClN4O. The molecule has 0 saturated heterocycles. The van der Waals surface area contributed by atoms with Crippen LogP contribution in [0.25, 0.3) is 0 Å². The minimum Gasteiger partial charge on any atom is -0.382 e. The molecule has 1 aromatic heterocycles. The summed E-state index contributed by atoms with van der Waals surface area (Å²) in [5, 5.41) is 3.08. The van der Waals surface area contributed by atoms with Gasteiger partial charge in [0.15, 0.2) is 0 Å². The molecule has 6 heteroatoms. The van der Waals surface area contributed by atoms with E-state index in [-0.39, 0.29) is 11.5 Å². The maximum atomic E-state index is 11.8. The monoisotopic (exact) mass is 248 g/mol. The molecule has 17 heavy (non-hydrogen) atoms. The minimum atomic E-state index is -0.405. The van der Waals surface area contributed by atoms with Crippen LogP contribution in [0.3, 0.4) is 0 Å². The number of nitrogens with two attached hydrogens (primary N) is 1. The number of anilines is 2. The van der Waals surface area contributed by atoms with Crippen LogP contribution in [-0.4, -0.2) is 15.9 Å². The smallest absolute Gasteiger partial charge is 0.275 e. The van der Waals surface area contributed by atoms with Crippen molar-refractivity contribution in [3.8, 4) is 0 Å². The Hall–Kier alpha value is -2.14. The van der Waals surface area contributed by atoms with Crippen LogP contribution in [-0.2, 0) is 0 Å². The topological polar surface area (TPSA) is 80.9 Å². The summed E-state index contributed by atoms with van der Waals surface area (Å²) in [5.41, 5.74) is 6.10.